The van der Waals surface area contributed by atoms with E-state index in [0.29, 0.717) is 24.3 Å². The molecule has 1 saturated heterocycles. The van der Waals surface area contributed by atoms with Crippen molar-refractivity contribution in [3.8, 4) is 0 Å². The van der Waals surface area contributed by atoms with E-state index >= 15 is 0 Å². The SMILES string of the molecule is O=CC1CCCCN1c1nnc(C(F)(F)F)s1. The normalized spacial score (nSPS) is 21.6. The van der Waals surface area contributed by atoms with Crippen molar-refractivity contribution in [3.63, 3.8) is 0 Å². The van der Waals surface area contributed by atoms with Gasteiger partial charge >= 0.3 is 6.18 Å². The Hall–Kier alpha value is -1.18. The summed E-state index contributed by atoms with van der Waals surface area (Å²) in [5, 5.41) is 5.84. The number of nitrogens with zero attached hydrogens (tertiary/aromatic N) is 3. The van der Waals surface area contributed by atoms with Crippen molar-refractivity contribution < 1.29 is 18.0 Å². The van der Waals surface area contributed by atoms with Crippen LogP contribution in [0.3, 0.4) is 0 Å². The molecule has 0 bridgehead atoms. The monoisotopic (exact) mass is 265 g/mol. The molecular weight excluding hydrogens is 255 g/mol. The zero-order valence-electron chi connectivity index (χ0n) is 8.78. The van der Waals surface area contributed by atoms with E-state index in [0.717, 1.165) is 19.1 Å². The van der Waals surface area contributed by atoms with Gasteiger partial charge in [-0.25, -0.2) is 0 Å². The van der Waals surface area contributed by atoms with Crippen LogP contribution in [0.15, 0.2) is 0 Å². The number of piperidine rings is 1. The maximum atomic E-state index is 12.4. The Labute approximate surface area is 99.4 Å². The summed E-state index contributed by atoms with van der Waals surface area (Å²) in [7, 11) is 0. The Kier molecular flexibility index (Phi) is 3.32. The van der Waals surface area contributed by atoms with E-state index in [1.165, 1.54) is 0 Å². The van der Waals surface area contributed by atoms with Crippen molar-refractivity contribution in [1.82, 2.24) is 10.2 Å². The minimum Gasteiger partial charge on any atom is -0.337 e. The summed E-state index contributed by atoms with van der Waals surface area (Å²) in [6, 6.07) is -0.377. The van der Waals surface area contributed by atoms with E-state index in [1.54, 1.807) is 4.90 Å². The van der Waals surface area contributed by atoms with Crippen molar-refractivity contribution in [2.24, 2.45) is 0 Å². The summed E-state index contributed by atoms with van der Waals surface area (Å²) in [6.45, 7) is 0.551. The molecule has 2 heterocycles. The van der Waals surface area contributed by atoms with E-state index in [2.05, 4.69) is 10.2 Å². The molecule has 1 aliphatic rings. The highest BCUT2D eigenvalue weighted by Gasteiger charge is 2.37. The molecule has 4 nitrogen and oxygen atoms in total. The fourth-order valence-electron chi connectivity index (χ4n) is 1.78. The summed E-state index contributed by atoms with van der Waals surface area (Å²) in [4.78, 5) is 12.4. The van der Waals surface area contributed by atoms with Crippen molar-refractivity contribution in [2.45, 2.75) is 31.5 Å². The quantitative estimate of drug-likeness (QED) is 0.768. The first-order valence-corrected chi connectivity index (χ1v) is 5.96. The van der Waals surface area contributed by atoms with Crippen molar-refractivity contribution >= 4 is 22.8 Å². The van der Waals surface area contributed by atoms with Crippen LogP contribution in [0.4, 0.5) is 18.3 Å². The molecule has 1 aromatic heterocycles. The number of halogens is 3. The van der Waals surface area contributed by atoms with Gasteiger partial charge in [-0.1, -0.05) is 11.3 Å². The third-order valence-electron chi connectivity index (χ3n) is 2.61. The number of carbonyl (C=O) groups is 1. The molecule has 0 spiro atoms. The van der Waals surface area contributed by atoms with Gasteiger partial charge in [0.05, 0.1) is 6.04 Å². The second-order valence-corrected chi connectivity index (χ2v) is 4.74. The van der Waals surface area contributed by atoms with Gasteiger partial charge in [-0.05, 0) is 19.3 Å². The van der Waals surface area contributed by atoms with Gasteiger partial charge in [0.15, 0.2) is 0 Å². The molecule has 8 heteroatoms. The van der Waals surface area contributed by atoms with Gasteiger partial charge in [-0.3, -0.25) is 0 Å². The fourth-order valence-corrected chi connectivity index (χ4v) is 2.58. The predicted octanol–water partition coefficient (Wildman–Crippen LogP) is 2.11. The molecule has 0 amide bonds. The van der Waals surface area contributed by atoms with Gasteiger partial charge in [-0.15, -0.1) is 10.2 Å². The first kappa shape index (κ1) is 12.3. The maximum absolute atomic E-state index is 12.4. The second-order valence-electron chi connectivity index (χ2n) is 3.78. The molecule has 0 aliphatic carbocycles. The summed E-state index contributed by atoms with van der Waals surface area (Å²) in [5.74, 6) is 0. The van der Waals surface area contributed by atoms with Crippen LogP contribution in [0.5, 0.6) is 0 Å². The van der Waals surface area contributed by atoms with E-state index in [9.17, 15) is 18.0 Å². The summed E-state index contributed by atoms with van der Waals surface area (Å²) in [5.41, 5.74) is 0. The Morgan fingerprint density at radius 2 is 2.12 bits per heavy atom. The number of rotatable bonds is 2. The highest BCUT2D eigenvalue weighted by atomic mass is 32.1. The topological polar surface area (TPSA) is 46.1 Å². The zero-order valence-corrected chi connectivity index (χ0v) is 9.59. The van der Waals surface area contributed by atoms with Crippen LogP contribution in [0.25, 0.3) is 0 Å². The van der Waals surface area contributed by atoms with Crippen LogP contribution in [0.1, 0.15) is 24.3 Å². The lowest BCUT2D eigenvalue weighted by Gasteiger charge is -2.31. The van der Waals surface area contributed by atoms with Crippen molar-refractivity contribution in [1.29, 1.82) is 0 Å². The van der Waals surface area contributed by atoms with Gasteiger partial charge in [-0.2, -0.15) is 13.2 Å². The highest BCUT2D eigenvalue weighted by Crippen LogP contribution is 2.35. The van der Waals surface area contributed by atoms with Crippen LogP contribution in [0, 0.1) is 0 Å². The Balaban J connectivity index is 2.21. The van der Waals surface area contributed by atoms with Crippen molar-refractivity contribution in [2.75, 3.05) is 11.4 Å². The summed E-state index contributed by atoms with van der Waals surface area (Å²) < 4.78 is 37.1. The van der Waals surface area contributed by atoms with Gasteiger partial charge < -0.3 is 9.69 Å². The maximum Gasteiger partial charge on any atom is 0.445 e. The molecule has 0 saturated carbocycles. The zero-order chi connectivity index (χ0) is 12.5. The lowest BCUT2D eigenvalue weighted by Crippen LogP contribution is -2.40. The number of alkyl halides is 3. The third kappa shape index (κ3) is 2.56. The Morgan fingerprint density at radius 3 is 2.71 bits per heavy atom. The predicted molar refractivity (Wildman–Crippen MR) is 56.0 cm³/mol. The molecule has 0 aromatic carbocycles. The molecule has 1 aromatic rings. The Bertz CT molecular complexity index is 406. The van der Waals surface area contributed by atoms with Crippen LogP contribution in [-0.2, 0) is 11.0 Å². The first-order chi connectivity index (χ1) is 8.02. The molecule has 0 N–H and O–H groups in total. The highest BCUT2D eigenvalue weighted by molar-refractivity contribution is 7.15. The Morgan fingerprint density at radius 1 is 1.35 bits per heavy atom. The third-order valence-corrected chi connectivity index (χ3v) is 3.61. The lowest BCUT2D eigenvalue weighted by atomic mass is 10.0. The number of hydrogen-bond donors (Lipinski definition) is 0. The molecule has 1 atom stereocenters. The minimum absolute atomic E-state index is 0.175. The molecule has 94 valence electrons. The largest absolute Gasteiger partial charge is 0.445 e. The number of aldehydes is 1. The first-order valence-electron chi connectivity index (χ1n) is 5.15. The molecule has 1 aliphatic heterocycles. The van der Waals surface area contributed by atoms with Gasteiger partial charge in [0, 0.05) is 6.54 Å². The van der Waals surface area contributed by atoms with Gasteiger partial charge in [0.2, 0.25) is 10.1 Å². The molecule has 1 fully saturated rings. The average Bonchev–Trinajstić information content (AvgIpc) is 2.77. The van der Waals surface area contributed by atoms with E-state index in [4.69, 9.17) is 0 Å². The molecule has 2 rings (SSSR count). The number of aromatic nitrogens is 2. The number of carbonyl (C=O) groups excluding carboxylic acids is 1. The van der Waals surface area contributed by atoms with Crippen LogP contribution in [0.2, 0.25) is 0 Å². The standard InChI is InChI=1S/C9H10F3N3OS/c10-9(11,12)7-13-14-8(17-7)15-4-2-1-3-6(15)5-16/h5-6H,1-4H2. The average molecular weight is 265 g/mol. The van der Waals surface area contributed by atoms with Crippen LogP contribution >= 0.6 is 11.3 Å². The minimum atomic E-state index is -4.47. The van der Waals surface area contributed by atoms with Crippen molar-refractivity contribution in [3.05, 3.63) is 5.01 Å². The molecule has 17 heavy (non-hydrogen) atoms. The lowest BCUT2D eigenvalue weighted by molar-refractivity contribution is -0.138. The van der Waals surface area contributed by atoms with Gasteiger partial charge in [0.1, 0.15) is 6.29 Å². The fraction of sp³-hybridized carbons (Fsp3) is 0.667. The number of hydrogen-bond acceptors (Lipinski definition) is 5. The summed E-state index contributed by atoms with van der Waals surface area (Å²) >= 11 is 0.485. The van der Waals surface area contributed by atoms with Crippen LogP contribution in [-0.4, -0.2) is 29.1 Å². The second kappa shape index (κ2) is 4.59. The molecular formula is C9H10F3N3OS. The summed E-state index contributed by atoms with van der Waals surface area (Å²) in [6.07, 6.45) is -1.29. The smallest absolute Gasteiger partial charge is 0.337 e. The number of anilines is 1. The van der Waals surface area contributed by atoms with Gasteiger partial charge in [0.25, 0.3) is 0 Å². The molecule has 1 unspecified atom stereocenters. The van der Waals surface area contributed by atoms with E-state index in [-0.39, 0.29) is 11.2 Å². The molecule has 0 radical (unpaired) electrons. The van der Waals surface area contributed by atoms with E-state index < -0.39 is 11.2 Å². The van der Waals surface area contributed by atoms with Crippen LogP contribution < -0.4 is 4.90 Å². The van der Waals surface area contributed by atoms with E-state index in [1.807, 2.05) is 0 Å².